The predicted octanol–water partition coefficient (Wildman–Crippen LogP) is 1.58. The van der Waals surface area contributed by atoms with Crippen LogP contribution < -0.4 is 5.32 Å². The van der Waals surface area contributed by atoms with Crippen LogP contribution in [0.5, 0.6) is 0 Å². The van der Waals surface area contributed by atoms with E-state index in [1.54, 1.807) is 6.20 Å². The number of rotatable bonds is 4. The van der Waals surface area contributed by atoms with Crippen molar-refractivity contribution in [3.63, 3.8) is 0 Å². The third-order valence-electron chi connectivity index (χ3n) is 2.89. The topological polar surface area (TPSA) is 83.8 Å². The minimum atomic E-state index is 0.391. The number of nitrogens with zero attached hydrogens (tertiary/aromatic N) is 5. The van der Waals surface area contributed by atoms with Crippen LogP contribution in [0, 0.1) is 0 Å². The molecule has 7 nitrogen and oxygen atoms in total. The van der Waals surface area contributed by atoms with E-state index < -0.39 is 0 Å². The Labute approximate surface area is 110 Å². The molecule has 0 unspecified atom stereocenters. The maximum atomic E-state index is 4.52. The summed E-state index contributed by atoms with van der Waals surface area (Å²) in [6.45, 7) is 4.79. The van der Waals surface area contributed by atoms with Gasteiger partial charge in [0.2, 0.25) is 0 Å². The van der Waals surface area contributed by atoms with Gasteiger partial charge in [-0.15, -0.1) is 0 Å². The molecule has 0 bridgehead atoms. The molecule has 3 heterocycles. The zero-order chi connectivity index (χ0) is 13.2. The van der Waals surface area contributed by atoms with Crippen LogP contribution in [0.25, 0.3) is 5.52 Å². The highest BCUT2D eigenvalue weighted by Crippen LogP contribution is 2.19. The smallest absolute Gasteiger partial charge is 0.152 e. The van der Waals surface area contributed by atoms with E-state index in [0.717, 1.165) is 22.9 Å². The van der Waals surface area contributed by atoms with Crippen molar-refractivity contribution in [2.75, 3.05) is 5.32 Å². The van der Waals surface area contributed by atoms with Gasteiger partial charge in [0.25, 0.3) is 0 Å². The highest BCUT2D eigenvalue weighted by molar-refractivity contribution is 5.67. The molecule has 0 saturated carbocycles. The lowest BCUT2D eigenvalue weighted by molar-refractivity contribution is 0.786. The predicted molar refractivity (Wildman–Crippen MR) is 70.8 cm³/mol. The lowest BCUT2D eigenvalue weighted by atomic mass is 10.1. The minimum absolute atomic E-state index is 0.391. The third kappa shape index (κ3) is 2.26. The molecule has 0 aromatic carbocycles. The molecule has 0 aliphatic rings. The van der Waals surface area contributed by atoms with Crippen LogP contribution >= 0.6 is 0 Å². The first-order valence-corrected chi connectivity index (χ1v) is 6.16. The molecule has 0 atom stereocenters. The van der Waals surface area contributed by atoms with Gasteiger partial charge in [0.15, 0.2) is 5.82 Å². The number of fused-ring (bicyclic) bond motifs is 1. The molecule has 98 valence electrons. The summed E-state index contributed by atoms with van der Waals surface area (Å²) in [7, 11) is 0. The fraction of sp³-hybridized carbons (Fsp3) is 0.333. The maximum absolute atomic E-state index is 4.52. The van der Waals surface area contributed by atoms with Crippen LogP contribution in [0.2, 0.25) is 0 Å². The highest BCUT2D eigenvalue weighted by Gasteiger charge is 2.09. The summed E-state index contributed by atoms with van der Waals surface area (Å²) in [5.74, 6) is 1.95. The number of aromatic amines is 1. The second-order valence-corrected chi connectivity index (χ2v) is 4.62. The van der Waals surface area contributed by atoms with Crippen LogP contribution in [-0.2, 0) is 6.54 Å². The third-order valence-corrected chi connectivity index (χ3v) is 2.89. The van der Waals surface area contributed by atoms with Crippen molar-refractivity contribution in [1.82, 2.24) is 29.8 Å². The fourth-order valence-corrected chi connectivity index (χ4v) is 1.84. The van der Waals surface area contributed by atoms with Gasteiger partial charge >= 0.3 is 0 Å². The van der Waals surface area contributed by atoms with E-state index in [4.69, 9.17) is 0 Å². The summed E-state index contributed by atoms with van der Waals surface area (Å²) in [6, 6.07) is 2.06. The average Bonchev–Trinajstić information content (AvgIpc) is 3.05. The molecule has 7 heteroatoms. The molecule has 0 amide bonds. The van der Waals surface area contributed by atoms with Gasteiger partial charge in [-0.1, -0.05) is 13.8 Å². The summed E-state index contributed by atoms with van der Waals surface area (Å²) in [4.78, 5) is 8.41. The van der Waals surface area contributed by atoms with Crippen molar-refractivity contribution < 1.29 is 0 Å². The highest BCUT2D eigenvalue weighted by atomic mass is 15.2. The summed E-state index contributed by atoms with van der Waals surface area (Å²) < 4.78 is 1.84. The lowest BCUT2D eigenvalue weighted by Gasteiger charge is -2.04. The maximum Gasteiger partial charge on any atom is 0.152 e. The van der Waals surface area contributed by atoms with Gasteiger partial charge in [0.1, 0.15) is 17.7 Å². The molecule has 0 saturated heterocycles. The van der Waals surface area contributed by atoms with E-state index in [2.05, 4.69) is 50.5 Å². The van der Waals surface area contributed by atoms with Gasteiger partial charge in [-0.2, -0.15) is 10.2 Å². The molecule has 19 heavy (non-hydrogen) atoms. The second kappa shape index (κ2) is 4.68. The number of hydrogen-bond acceptors (Lipinski definition) is 5. The van der Waals surface area contributed by atoms with E-state index in [0.29, 0.717) is 12.5 Å². The van der Waals surface area contributed by atoms with Crippen LogP contribution in [-0.4, -0.2) is 29.8 Å². The molecular formula is C12H15N7. The van der Waals surface area contributed by atoms with Crippen LogP contribution in [0.1, 0.15) is 31.3 Å². The minimum Gasteiger partial charge on any atom is -0.361 e. The molecule has 0 fully saturated rings. The van der Waals surface area contributed by atoms with Crippen molar-refractivity contribution >= 4 is 11.3 Å². The van der Waals surface area contributed by atoms with E-state index in [1.165, 1.54) is 6.33 Å². The number of anilines is 1. The molecule has 2 N–H and O–H groups in total. The first-order valence-electron chi connectivity index (χ1n) is 6.16. The van der Waals surface area contributed by atoms with E-state index in [-0.39, 0.29) is 0 Å². The van der Waals surface area contributed by atoms with Crippen molar-refractivity contribution in [3.05, 3.63) is 36.3 Å². The Bertz CT molecular complexity index is 669. The number of H-pyrrole nitrogens is 1. The van der Waals surface area contributed by atoms with Crippen molar-refractivity contribution in [2.45, 2.75) is 26.3 Å². The van der Waals surface area contributed by atoms with Gasteiger partial charge in [-0.05, 0) is 12.0 Å². The first-order chi connectivity index (χ1) is 9.24. The van der Waals surface area contributed by atoms with Crippen molar-refractivity contribution in [1.29, 1.82) is 0 Å². The quantitative estimate of drug-likeness (QED) is 0.741. The van der Waals surface area contributed by atoms with Crippen molar-refractivity contribution in [3.8, 4) is 0 Å². The molecule has 0 radical (unpaired) electrons. The van der Waals surface area contributed by atoms with Gasteiger partial charge in [0.05, 0.1) is 12.2 Å². The molecule has 0 aliphatic carbocycles. The fourth-order valence-electron chi connectivity index (χ4n) is 1.84. The van der Waals surface area contributed by atoms with E-state index in [9.17, 15) is 0 Å². The molecule has 0 spiro atoms. The second-order valence-electron chi connectivity index (χ2n) is 4.62. The number of nitrogens with one attached hydrogen (secondary N) is 2. The molecule has 0 aliphatic heterocycles. The molecule has 3 aromatic rings. The average molecular weight is 257 g/mol. The molecule has 3 aromatic heterocycles. The normalized spacial score (nSPS) is 11.3. The summed E-state index contributed by atoms with van der Waals surface area (Å²) >= 11 is 0. The zero-order valence-corrected chi connectivity index (χ0v) is 10.8. The molecule has 3 rings (SSSR count). The SMILES string of the molecule is CC(C)c1cc2c(NCc3ncn[nH]3)nccn2n1. The Balaban J connectivity index is 1.90. The lowest BCUT2D eigenvalue weighted by Crippen LogP contribution is -2.04. The summed E-state index contributed by atoms with van der Waals surface area (Å²) in [6.07, 6.45) is 5.06. The number of aromatic nitrogens is 6. The van der Waals surface area contributed by atoms with Gasteiger partial charge in [-0.3, -0.25) is 5.10 Å². The van der Waals surface area contributed by atoms with E-state index in [1.807, 2.05) is 10.7 Å². The Morgan fingerprint density at radius 2 is 2.26 bits per heavy atom. The summed E-state index contributed by atoms with van der Waals surface area (Å²) in [5, 5.41) is 14.4. The van der Waals surface area contributed by atoms with E-state index >= 15 is 0 Å². The molecular weight excluding hydrogens is 242 g/mol. The van der Waals surface area contributed by atoms with Crippen LogP contribution in [0.3, 0.4) is 0 Å². The van der Waals surface area contributed by atoms with Gasteiger partial charge in [-0.25, -0.2) is 14.5 Å². The summed E-state index contributed by atoms with van der Waals surface area (Å²) in [5.41, 5.74) is 2.02. The Hall–Kier alpha value is -2.44. The van der Waals surface area contributed by atoms with Crippen LogP contribution in [0.15, 0.2) is 24.8 Å². The first kappa shape index (κ1) is 11.6. The monoisotopic (exact) mass is 257 g/mol. The van der Waals surface area contributed by atoms with Gasteiger partial charge < -0.3 is 5.32 Å². The Kier molecular flexibility index (Phi) is 2.86. The Morgan fingerprint density at radius 3 is 3.00 bits per heavy atom. The largest absolute Gasteiger partial charge is 0.361 e. The van der Waals surface area contributed by atoms with Gasteiger partial charge in [0, 0.05) is 12.4 Å². The van der Waals surface area contributed by atoms with Crippen molar-refractivity contribution in [2.24, 2.45) is 0 Å². The zero-order valence-electron chi connectivity index (χ0n) is 10.8. The van der Waals surface area contributed by atoms with Crippen LogP contribution in [0.4, 0.5) is 5.82 Å². The standard InChI is InChI=1S/C12H15N7/c1-8(2)9-5-10-12(13-3-4-19(10)18-9)14-6-11-15-7-16-17-11/h3-5,7-8H,6H2,1-2H3,(H,13,14)(H,15,16,17). The Morgan fingerprint density at radius 1 is 1.37 bits per heavy atom. The number of hydrogen-bond donors (Lipinski definition) is 2.